The number of likely N-dealkylation sites (tertiary alicyclic amines) is 1. The molecule has 0 bridgehead atoms. The molecule has 6 heterocycles. The molecule has 2 atom stereocenters. The number of aromatic nitrogens is 2. The number of ether oxygens (including phenoxy) is 2. The summed E-state index contributed by atoms with van der Waals surface area (Å²) in [6.07, 6.45) is 8.33. The van der Waals surface area contributed by atoms with Crippen LogP contribution >= 0.6 is 0 Å². The molecule has 9 rings (SSSR count). The van der Waals surface area contributed by atoms with Gasteiger partial charge in [0.15, 0.2) is 11.5 Å². The van der Waals surface area contributed by atoms with E-state index in [-0.39, 0.29) is 29.1 Å². The van der Waals surface area contributed by atoms with E-state index >= 15 is 0 Å². The number of carbonyl (C=O) groups excluding carboxylic acids is 4. The number of carbonyl (C=O) groups is 4. The summed E-state index contributed by atoms with van der Waals surface area (Å²) < 4.78 is 39.7. The second-order valence-corrected chi connectivity index (χ2v) is 21.1. The van der Waals surface area contributed by atoms with Crippen LogP contribution in [0.2, 0.25) is 0 Å². The smallest absolute Gasteiger partial charge is 0.329 e. The predicted molar refractivity (Wildman–Crippen MR) is 251 cm³/mol. The Hall–Kier alpha value is -5.68. The van der Waals surface area contributed by atoms with E-state index in [0.29, 0.717) is 47.8 Å². The van der Waals surface area contributed by atoms with Crippen LogP contribution < -0.4 is 30.3 Å². The summed E-state index contributed by atoms with van der Waals surface area (Å²) in [5.41, 5.74) is 4.21. The highest BCUT2D eigenvalue weighted by Gasteiger charge is 2.43. The molecule has 0 spiro atoms. The third-order valence-electron chi connectivity index (χ3n) is 14.8. The van der Waals surface area contributed by atoms with Crippen molar-refractivity contribution in [1.29, 1.82) is 0 Å². The zero-order valence-electron chi connectivity index (χ0n) is 38.4. The molecule has 1 aromatic heterocycles. The first-order valence-corrected chi connectivity index (χ1v) is 25.5. The quantitative estimate of drug-likeness (QED) is 0.179. The summed E-state index contributed by atoms with van der Waals surface area (Å²) in [5.74, 6) is 0.662. The molecule has 16 nitrogen and oxygen atoms in total. The second kappa shape index (κ2) is 18.5. The van der Waals surface area contributed by atoms with Gasteiger partial charge < -0.3 is 24.2 Å². The predicted octanol–water partition coefficient (Wildman–Crippen LogP) is 4.95. The standard InChI is InChI=1S/C49H61N7O9S/c1-5-65-44-26-34(6-12-43(44)64-3)42(30-66(4,62)63)56-47(59)37-9-7-35(27-38(37)48(56)60)53-22-14-31(15-23-53)29-52-20-16-32(17-21-52)33-18-24-54(25-19-33)36-8-10-39-41(28-36)55(49(61)51(39)2)40-11-13-45(57)50-46(40)58/h6-10,12,26-28,31-33,40,42H,5,11,13-25,29-30H2,1-4H3,(H,50,57,58)/t40?,42-/m1/s1. The van der Waals surface area contributed by atoms with Crippen molar-refractivity contribution >= 4 is 55.9 Å². The van der Waals surface area contributed by atoms with Crippen molar-refractivity contribution in [1.82, 2.24) is 24.3 Å². The number of hydrogen-bond donors (Lipinski definition) is 1. The van der Waals surface area contributed by atoms with Crippen molar-refractivity contribution < 1.29 is 37.1 Å². The number of aryl methyl sites for hydroxylation is 1. The largest absolute Gasteiger partial charge is 0.493 e. The van der Waals surface area contributed by atoms with Gasteiger partial charge in [-0.25, -0.2) is 13.2 Å². The first-order chi connectivity index (χ1) is 31.7. The number of sulfone groups is 1. The van der Waals surface area contributed by atoms with Gasteiger partial charge >= 0.3 is 5.69 Å². The van der Waals surface area contributed by atoms with Crippen LogP contribution in [-0.4, -0.2) is 123 Å². The lowest BCUT2D eigenvalue weighted by Gasteiger charge is -2.42. The molecule has 4 fully saturated rings. The number of benzene rings is 3. The van der Waals surface area contributed by atoms with Crippen LogP contribution in [0.3, 0.4) is 0 Å². The van der Waals surface area contributed by atoms with Gasteiger partial charge in [-0.05, 0) is 137 Å². The molecule has 4 amide bonds. The highest BCUT2D eigenvalue weighted by atomic mass is 32.2. The number of piperidine rings is 4. The number of nitrogens with one attached hydrogen (secondary N) is 1. The maximum Gasteiger partial charge on any atom is 0.329 e. The Morgan fingerprint density at radius 3 is 2.02 bits per heavy atom. The molecule has 5 aliphatic heterocycles. The number of fused-ring (bicyclic) bond motifs is 2. The van der Waals surface area contributed by atoms with Crippen molar-refractivity contribution in [2.75, 3.05) is 81.3 Å². The summed E-state index contributed by atoms with van der Waals surface area (Å²) >= 11 is 0. The lowest BCUT2D eigenvalue weighted by molar-refractivity contribution is -0.135. The maximum atomic E-state index is 14.1. The minimum absolute atomic E-state index is 0.212. The van der Waals surface area contributed by atoms with Gasteiger partial charge in [0.25, 0.3) is 11.8 Å². The fourth-order valence-corrected chi connectivity index (χ4v) is 12.2. The molecule has 0 radical (unpaired) electrons. The SMILES string of the molecule is CCOc1cc([C@@H](CS(C)(=O)=O)N2C(=O)c3ccc(N4CCC(CN5CCC(C6CCN(c7ccc8c(c7)n(C7CCC(=O)NC7=O)c(=O)n8C)CC6)CC5)CC4)cc3C2=O)ccc1OC. The summed E-state index contributed by atoms with van der Waals surface area (Å²) in [4.78, 5) is 74.2. The Balaban J connectivity index is 0.766. The fourth-order valence-electron chi connectivity index (χ4n) is 11.3. The zero-order chi connectivity index (χ0) is 46.4. The minimum Gasteiger partial charge on any atom is -0.493 e. The molecule has 66 heavy (non-hydrogen) atoms. The Morgan fingerprint density at radius 2 is 1.36 bits per heavy atom. The highest BCUT2D eigenvalue weighted by Crippen LogP contribution is 2.39. The second-order valence-electron chi connectivity index (χ2n) is 18.9. The van der Waals surface area contributed by atoms with E-state index < -0.39 is 45.4 Å². The van der Waals surface area contributed by atoms with E-state index in [2.05, 4.69) is 26.1 Å². The third-order valence-corrected chi connectivity index (χ3v) is 15.8. The van der Waals surface area contributed by atoms with Crippen LogP contribution in [0, 0.1) is 17.8 Å². The Morgan fingerprint density at radius 1 is 0.727 bits per heavy atom. The molecule has 4 aromatic rings. The monoisotopic (exact) mass is 923 g/mol. The minimum atomic E-state index is -3.61. The van der Waals surface area contributed by atoms with Gasteiger partial charge in [0, 0.05) is 63.8 Å². The number of amides is 4. The summed E-state index contributed by atoms with van der Waals surface area (Å²) in [7, 11) is -0.374. The number of hydrogen-bond acceptors (Lipinski definition) is 12. The Labute approximate surface area is 385 Å². The topological polar surface area (TPSA) is 173 Å². The van der Waals surface area contributed by atoms with E-state index in [1.54, 1.807) is 46.5 Å². The van der Waals surface area contributed by atoms with E-state index in [4.69, 9.17) is 9.47 Å². The summed E-state index contributed by atoms with van der Waals surface area (Å²) in [6.45, 7) is 9.05. The Kier molecular flexibility index (Phi) is 12.8. The first kappa shape index (κ1) is 45.5. The van der Waals surface area contributed by atoms with Crippen LogP contribution in [-0.2, 0) is 26.5 Å². The maximum absolute atomic E-state index is 14.1. The zero-order valence-corrected chi connectivity index (χ0v) is 39.2. The van der Waals surface area contributed by atoms with E-state index in [9.17, 15) is 32.4 Å². The van der Waals surface area contributed by atoms with Crippen LogP contribution in [0.1, 0.15) is 96.7 Å². The van der Waals surface area contributed by atoms with Crippen molar-refractivity contribution in [3.8, 4) is 11.5 Å². The van der Waals surface area contributed by atoms with E-state index in [0.717, 1.165) is 105 Å². The third kappa shape index (κ3) is 8.95. The number of methoxy groups -OCH3 is 1. The van der Waals surface area contributed by atoms with Crippen molar-refractivity contribution in [3.05, 3.63) is 81.8 Å². The van der Waals surface area contributed by atoms with Gasteiger partial charge in [0.1, 0.15) is 15.9 Å². The average Bonchev–Trinajstić information content (AvgIpc) is 3.71. The summed E-state index contributed by atoms with van der Waals surface area (Å²) in [6, 6.07) is 14.7. The number of nitrogens with zero attached hydrogens (tertiary/aromatic N) is 6. The average molecular weight is 924 g/mol. The van der Waals surface area contributed by atoms with E-state index in [1.807, 2.05) is 25.1 Å². The number of imidazole rings is 1. The normalized spacial score (nSPS) is 21.2. The lowest BCUT2D eigenvalue weighted by atomic mass is 9.78. The van der Waals surface area contributed by atoms with Crippen LogP contribution in [0.5, 0.6) is 11.5 Å². The lowest BCUT2D eigenvalue weighted by Crippen LogP contribution is -2.44. The molecule has 4 saturated heterocycles. The van der Waals surface area contributed by atoms with Gasteiger partial charge in [-0.2, -0.15) is 0 Å². The van der Waals surface area contributed by atoms with Crippen molar-refractivity contribution in [3.63, 3.8) is 0 Å². The fraction of sp³-hybridized carbons (Fsp3) is 0.531. The molecule has 5 aliphatic rings. The molecular weight excluding hydrogens is 863 g/mol. The number of imide groups is 2. The molecule has 17 heteroatoms. The van der Waals surface area contributed by atoms with Gasteiger partial charge in [-0.15, -0.1) is 0 Å². The van der Waals surface area contributed by atoms with Crippen molar-refractivity contribution in [2.45, 2.75) is 70.4 Å². The first-order valence-electron chi connectivity index (χ1n) is 23.5. The molecular formula is C49H61N7O9S. The van der Waals surface area contributed by atoms with Gasteiger partial charge in [0.2, 0.25) is 11.8 Å². The van der Waals surface area contributed by atoms with E-state index in [1.165, 1.54) is 20.0 Å². The van der Waals surface area contributed by atoms with Gasteiger partial charge in [-0.3, -0.25) is 38.5 Å². The molecule has 0 saturated carbocycles. The molecule has 1 unspecified atom stereocenters. The summed E-state index contributed by atoms with van der Waals surface area (Å²) in [5, 5.41) is 2.40. The van der Waals surface area contributed by atoms with Gasteiger partial charge in [0.05, 0.1) is 47.7 Å². The molecule has 1 N–H and O–H groups in total. The highest BCUT2D eigenvalue weighted by molar-refractivity contribution is 7.90. The van der Waals surface area contributed by atoms with Gasteiger partial charge in [-0.1, -0.05) is 6.07 Å². The van der Waals surface area contributed by atoms with Crippen LogP contribution in [0.15, 0.2) is 59.4 Å². The molecule has 352 valence electrons. The number of anilines is 2. The number of rotatable bonds is 13. The Bertz CT molecular complexity index is 2710. The van der Waals surface area contributed by atoms with Crippen molar-refractivity contribution in [2.24, 2.45) is 24.8 Å². The van der Waals surface area contributed by atoms with Crippen LogP contribution in [0.4, 0.5) is 11.4 Å². The molecule has 0 aliphatic carbocycles. The van der Waals surface area contributed by atoms with Crippen LogP contribution in [0.25, 0.3) is 11.0 Å². The molecule has 3 aromatic carbocycles.